The number of hydrogen-bond acceptors (Lipinski definition) is 5. The summed E-state index contributed by atoms with van der Waals surface area (Å²) in [5.41, 5.74) is 0.855. The number of alkyl halides is 2. The van der Waals surface area contributed by atoms with E-state index in [0.717, 1.165) is 0 Å². The molecule has 29 heavy (non-hydrogen) atoms. The van der Waals surface area contributed by atoms with Gasteiger partial charge in [-0.2, -0.15) is 8.78 Å². The third-order valence-electron chi connectivity index (χ3n) is 3.65. The van der Waals surface area contributed by atoms with E-state index in [1.807, 2.05) is 0 Å². The monoisotopic (exact) mass is 405 g/mol. The molecule has 3 rings (SSSR count). The fourth-order valence-corrected chi connectivity index (χ4v) is 2.38. The molecule has 0 atom stereocenters. The number of benzene rings is 2. The molecule has 0 aliphatic carbocycles. The number of nitrogens with one attached hydrogen (secondary N) is 1. The molecule has 1 amide bonds. The first-order chi connectivity index (χ1) is 13.9. The lowest BCUT2D eigenvalue weighted by molar-refractivity contribution is -0.119. The normalized spacial score (nSPS) is 10.6. The standard InChI is InChI=1S/C19H14F3N3O4/c20-12-1-5-14(6-2-12)25-11-23-9-16(25)18(27)28-10-17(26)24-13-3-7-15(8-4-13)29-19(21)22/h1-9,11,19H,10H2,(H,24,26). The Morgan fingerprint density at radius 3 is 2.41 bits per heavy atom. The van der Waals surface area contributed by atoms with E-state index in [4.69, 9.17) is 4.74 Å². The predicted octanol–water partition coefficient (Wildman–Crippen LogP) is 3.41. The maximum Gasteiger partial charge on any atom is 0.387 e. The summed E-state index contributed by atoms with van der Waals surface area (Å²) in [7, 11) is 0. The van der Waals surface area contributed by atoms with Gasteiger partial charge in [0.2, 0.25) is 0 Å². The summed E-state index contributed by atoms with van der Waals surface area (Å²) in [4.78, 5) is 28.1. The van der Waals surface area contributed by atoms with Gasteiger partial charge in [-0.3, -0.25) is 9.36 Å². The highest BCUT2D eigenvalue weighted by Crippen LogP contribution is 2.18. The molecule has 150 valence electrons. The van der Waals surface area contributed by atoms with Gasteiger partial charge in [0, 0.05) is 11.4 Å². The van der Waals surface area contributed by atoms with Crippen LogP contribution in [0.15, 0.2) is 61.1 Å². The highest BCUT2D eigenvalue weighted by Gasteiger charge is 2.16. The Balaban J connectivity index is 1.56. The van der Waals surface area contributed by atoms with E-state index in [1.54, 1.807) is 0 Å². The summed E-state index contributed by atoms with van der Waals surface area (Å²) in [5, 5.41) is 2.45. The first-order valence-electron chi connectivity index (χ1n) is 8.22. The highest BCUT2D eigenvalue weighted by atomic mass is 19.3. The van der Waals surface area contributed by atoms with Gasteiger partial charge in [0.15, 0.2) is 12.3 Å². The number of carbonyl (C=O) groups is 2. The van der Waals surface area contributed by atoms with Crippen LogP contribution < -0.4 is 10.1 Å². The number of hydrogen-bond donors (Lipinski definition) is 1. The fraction of sp³-hybridized carbons (Fsp3) is 0.105. The number of anilines is 1. The van der Waals surface area contributed by atoms with Crippen molar-refractivity contribution in [3.8, 4) is 11.4 Å². The van der Waals surface area contributed by atoms with Crippen LogP contribution in [0.1, 0.15) is 10.5 Å². The van der Waals surface area contributed by atoms with Gasteiger partial charge in [-0.05, 0) is 48.5 Å². The number of halogens is 3. The summed E-state index contributed by atoms with van der Waals surface area (Å²) in [6.45, 7) is -3.53. The van der Waals surface area contributed by atoms with E-state index >= 15 is 0 Å². The Labute approximate surface area is 162 Å². The molecular formula is C19H14F3N3O4. The molecule has 3 aromatic rings. The minimum absolute atomic E-state index is 0.0536. The second kappa shape index (κ2) is 8.91. The summed E-state index contributed by atoms with van der Waals surface area (Å²) in [6, 6.07) is 10.6. The topological polar surface area (TPSA) is 82.5 Å². The largest absolute Gasteiger partial charge is 0.451 e. The zero-order chi connectivity index (χ0) is 20.8. The van der Waals surface area contributed by atoms with Crippen LogP contribution >= 0.6 is 0 Å². The second-order valence-corrected chi connectivity index (χ2v) is 5.65. The van der Waals surface area contributed by atoms with Gasteiger partial charge in [-0.25, -0.2) is 14.2 Å². The van der Waals surface area contributed by atoms with Crippen LogP contribution in [0, 0.1) is 5.82 Å². The van der Waals surface area contributed by atoms with E-state index in [0.29, 0.717) is 11.4 Å². The van der Waals surface area contributed by atoms with Crippen molar-refractivity contribution in [3.05, 3.63) is 72.6 Å². The van der Waals surface area contributed by atoms with Crippen molar-refractivity contribution in [2.24, 2.45) is 0 Å². The Kier molecular flexibility index (Phi) is 6.12. The molecule has 1 aromatic heterocycles. The molecule has 1 heterocycles. The van der Waals surface area contributed by atoms with Gasteiger partial charge < -0.3 is 14.8 Å². The smallest absolute Gasteiger partial charge is 0.387 e. The summed E-state index contributed by atoms with van der Waals surface area (Å²) < 4.78 is 47.8. The molecule has 0 saturated carbocycles. The van der Waals surface area contributed by atoms with Gasteiger partial charge in [-0.1, -0.05) is 0 Å². The van der Waals surface area contributed by atoms with Crippen molar-refractivity contribution < 1.29 is 32.2 Å². The molecule has 1 N–H and O–H groups in total. The maximum absolute atomic E-state index is 13.1. The Bertz CT molecular complexity index is 989. The third-order valence-corrected chi connectivity index (χ3v) is 3.65. The van der Waals surface area contributed by atoms with Crippen molar-refractivity contribution in [1.82, 2.24) is 9.55 Å². The number of rotatable bonds is 7. The predicted molar refractivity (Wildman–Crippen MR) is 95.5 cm³/mol. The van der Waals surface area contributed by atoms with Gasteiger partial charge in [0.05, 0.1) is 12.5 Å². The van der Waals surface area contributed by atoms with Crippen LogP contribution in [0.3, 0.4) is 0 Å². The van der Waals surface area contributed by atoms with Crippen molar-refractivity contribution in [2.45, 2.75) is 6.61 Å². The first-order valence-corrected chi connectivity index (χ1v) is 8.22. The number of nitrogens with zero attached hydrogens (tertiary/aromatic N) is 2. The molecule has 0 saturated heterocycles. The highest BCUT2D eigenvalue weighted by molar-refractivity contribution is 5.95. The van der Waals surface area contributed by atoms with E-state index in [2.05, 4.69) is 15.0 Å². The van der Waals surface area contributed by atoms with Crippen molar-refractivity contribution in [3.63, 3.8) is 0 Å². The molecule has 0 aliphatic rings. The van der Waals surface area contributed by atoms with Gasteiger partial charge >= 0.3 is 12.6 Å². The third kappa shape index (κ3) is 5.34. The van der Waals surface area contributed by atoms with Crippen molar-refractivity contribution in [1.29, 1.82) is 0 Å². The maximum atomic E-state index is 13.1. The Morgan fingerprint density at radius 2 is 1.76 bits per heavy atom. The minimum atomic E-state index is -2.95. The van der Waals surface area contributed by atoms with Crippen molar-refractivity contribution in [2.75, 3.05) is 11.9 Å². The molecule has 0 fully saturated rings. The number of ether oxygens (including phenoxy) is 2. The van der Waals surface area contributed by atoms with E-state index < -0.39 is 30.9 Å². The SMILES string of the molecule is O=C(COC(=O)c1cncn1-c1ccc(F)cc1)Nc1ccc(OC(F)F)cc1. The number of imidazole rings is 1. The fourth-order valence-electron chi connectivity index (χ4n) is 2.38. The van der Waals surface area contributed by atoms with E-state index in [1.165, 1.54) is 65.6 Å². The van der Waals surface area contributed by atoms with Gasteiger partial charge in [0.25, 0.3) is 5.91 Å². The van der Waals surface area contributed by atoms with Crippen LogP contribution in [0.25, 0.3) is 5.69 Å². The first kappa shape index (κ1) is 19.9. The Morgan fingerprint density at radius 1 is 1.07 bits per heavy atom. The van der Waals surface area contributed by atoms with Gasteiger partial charge in [0.1, 0.15) is 11.6 Å². The molecule has 0 unspecified atom stereocenters. The van der Waals surface area contributed by atoms with E-state index in [-0.39, 0.29) is 11.4 Å². The minimum Gasteiger partial charge on any atom is -0.451 e. The molecular weight excluding hydrogens is 391 g/mol. The summed E-state index contributed by atoms with van der Waals surface area (Å²) in [6.07, 6.45) is 2.61. The number of carbonyl (C=O) groups excluding carboxylic acids is 2. The lowest BCUT2D eigenvalue weighted by Crippen LogP contribution is -2.22. The molecule has 0 bridgehead atoms. The molecule has 0 radical (unpaired) electrons. The van der Waals surface area contributed by atoms with Crippen LogP contribution in [-0.2, 0) is 9.53 Å². The zero-order valence-corrected chi connectivity index (χ0v) is 14.7. The quantitative estimate of drug-likeness (QED) is 0.610. The zero-order valence-electron chi connectivity index (χ0n) is 14.7. The molecule has 2 aromatic carbocycles. The van der Waals surface area contributed by atoms with Gasteiger partial charge in [-0.15, -0.1) is 0 Å². The number of aromatic nitrogens is 2. The lowest BCUT2D eigenvalue weighted by atomic mass is 10.3. The van der Waals surface area contributed by atoms with Crippen LogP contribution in [0.4, 0.5) is 18.9 Å². The van der Waals surface area contributed by atoms with Crippen LogP contribution in [0.5, 0.6) is 5.75 Å². The van der Waals surface area contributed by atoms with Crippen molar-refractivity contribution >= 4 is 17.6 Å². The molecule has 7 nitrogen and oxygen atoms in total. The number of amides is 1. The average molecular weight is 405 g/mol. The van der Waals surface area contributed by atoms with Crippen LogP contribution in [0.2, 0.25) is 0 Å². The molecule has 0 aliphatic heterocycles. The number of esters is 1. The molecule has 10 heteroatoms. The second-order valence-electron chi connectivity index (χ2n) is 5.65. The summed E-state index contributed by atoms with van der Waals surface area (Å²) >= 11 is 0. The van der Waals surface area contributed by atoms with E-state index in [9.17, 15) is 22.8 Å². The average Bonchev–Trinajstić information content (AvgIpc) is 3.18. The van der Waals surface area contributed by atoms with Crippen LogP contribution in [-0.4, -0.2) is 34.6 Å². The summed E-state index contributed by atoms with van der Waals surface area (Å²) in [5.74, 6) is -1.92. The Hall–Kier alpha value is -3.82. The lowest BCUT2D eigenvalue weighted by Gasteiger charge is -2.09. The molecule has 0 spiro atoms.